The van der Waals surface area contributed by atoms with E-state index in [9.17, 15) is 9.90 Å². The van der Waals surface area contributed by atoms with Gasteiger partial charge >= 0.3 is 0 Å². The van der Waals surface area contributed by atoms with Crippen molar-refractivity contribution in [2.45, 2.75) is 45.3 Å². The lowest BCUT2D eigenvalue weighted by atomic mass is 9.89. The number of nitrogens with one attached hydrogen (secondary N) is 1. The van der Waals surface area contributed by atoms with E-state index in [-0.39, 0.29) is 24.4 Å². The van der Waals surface area contributed by atoms with E-state index in [4.69, 9.17) is 4.74 Å². The summed E-state index contributed by atoms with van der Waals surface area (Å²) in [6.07, 6.45) is 4.77. The van der Waals surface area contributed by atoms with Gasteiger partial charge in [-0.25, -0.2) is 0 Å². The average molecular weight is 277 g/mol. The van der Waals surface area contributed by atoms with Crippen LogP contribution in [-0.2, 0) is 16.1 Å². The predicted molar refractivity (Wildman–Crippen MR) is 77.3 cm³/mol. The van der Waals surface area contributed by atoms with Crippen LogP contribution in [0, 0.1) is 5.92 Å². The molecule has 1 aliphatic carbocycles. The highest BCUT2D eigenvalue weighted by atomic mass is 16.5. The second kappa shape index (κ2) is 7.29. The summed E-state index contributed by atoms with van der Waals surface area (Å²) in [5, 5.41) is 12.4. The van der Waals surface area contributed by atoms with Crippen molar-refractivity contribution in [3.05, 3.63) is 29.8 Å². The molecule has 0 aromatic heterocycles. The van der Waals surface area contributed by atoms with Gasteiger partial charge < -0.3 is 15.2 Å². The fourth-order valence-corrected chi connectivity index (χ4v) is 2.63. The zero-order chi connectivity index (χ0) is 14.4. The second-order valence-corrected chi connectivity index (χ2v) is 5.61. The molecule has 1 fully saturated rings. The van der Waals surface area contributed by atoms with Crippen LogP contribution in [0.3, 0.4) is 0 Å². The Balaban J connectivity index is 1.69. The molecule has 1 aliphatic rings. The molecule has 0 heterocycles. The molecule has 0 unspecified atom stereocenters. The van der Waals surface area contributed by atoms with Gasteiger partial charge in [-0.1, -0.05) is 38.0 Å². The maximum atomic E-state index is 11.7. The normalized spacial score (nSPS) is 22.4. The van der Waals surface area contributed by atoms with Crippen LogP contribution in [0.4, 0.5) is 0 Å². The van der Waals surface area contributed by atoms with E-state index < -0.39 is 0 Å². The van der Waals surface area contributed by atoms with E-state index in [1.807, 2.05) is 6.07 Å². The lowest BCUT2D eigenvalue weighted by Crippen LogP contribution is -2.31. The van der Waals surface area contributed by atoms with Crippen LogP contribution in [0.2, 0.25) is 0 Å². The van der Waals surface area contributed by atoms with Crippen LogP contribution < -0.4 is 5.32 Å². The number of para-hydroxylation sites is 1. The SMILES string of the molecule is C[C@@H]1CCC[C@@H](OCC(=O)NCc2ccccc2O)C1. The van der Waals surface area contributed by atoms with Gasteiger partial charge in [0.05, 0.1) is 6.10 Å². The summed E-state index contributed by atoms with van der Waals surface area (Å²) >= 11 is 0. The first kappa shape index (κ1) is 14.9. The van der Waals surface area contributed by atoms with Crippen LogP contribution in [0.1, 0.15) is 38.2 Å². The third-order valence-electron chi connectivity index (χ3n) is 3.81. The molecule has 1 aromatic rings. The van der Waals surface area contributed by atoms with Crippen molar-refractivity contribution in [2.75, 3.05) is 6.61 Å². The number of amides is 1. The Morgan fingerprint density at radius 3 is 2.95 bits per heavy atom. The Morgan fingerprint density at radius 1 is 1.40 bits per heavy atom. The van der Waals surface area contributed by atoms with Crippen molar-refractivity contribution < 1.29 is 14.6 Å². The Hall–Kier alpha value is -1.55. The molecule has 4 nitrogen and oxygen atoms in total. The molecule has 2 atom stereocenters. The minimum absolute atomic E-state index is 0.102. The first-order valence-corrected chi connectivity index (χ1v) is 7.30. The first-order chi connectivity index (χ1) is 9.65. The topological polar surface area (TPSA) is 58.6 Å². The zero-order valence-electron chi connectivity index (χ0n) is 12.0. The largest absolute Gasteiger partial charge is 0.508 e. The van der Waals surface area contributed by atoms with Crippen molar-refractivity contribution >= 4 is 5.91 Å². The quantitative estimate of drug-likeness (QED) is 0.869. The molecule has 1 amide bonds. The van der Waals surface area contributed by atoms with Crippen molar-refractivity contribution in [2.24, 2.45) is 5.92 Å². The lowest BCUT2D eigenvalue weighted by molar-refractivity contribution is -0.128. The van der Waals surface area contributed by atoms with Gasteiger partial charge in [0.1, 0.15) is 12.4 Å². The van der Waals surface area contributed by atoms with Crippen LogP contribution in [-0.4, -0.2) is 23.7 Å². The highest BCUT2D eigenvalue weighted by molar-refractivity contribution is 5.77. The monoisotopic (exact) mass is 277 g/mol. The molecule has 0 aliphatic heterocycles. The molecule has 1 aromatic carbocycles. The summed E-state index contributed by atoms with van der Waals surface area (Å²) in [4.78, 5) is 11.7. The van der Waals surface area contributed by atoms with Gasteiger partial charge in [0, 0.05) is 12.1 Å². The summed E-state index contributed by atoms with van der Waals surface area (Å²) in [6, 6.07) is 7.00. The standard InChI is InChI=1S/C16H23NO3/c1-12-5-4-7-14(9-12)20-11-16(19)17-10-13-6-2-3-8-15(13)18/h2-3,6,8,12,14,18H,4-5,7,9-11H2,1H3,(H,17,19)/t12-,14-/m1/s1. The summed E-state index contributed by atoms with van der Waals surface area (Å²) < 4.78 is 5.66. The minimum Gasteiger partial charge on any atom is -0.508 e. The number of aromatic hydroxyl groups is 1. The number of phenols is 1. The van der Waals surface area contributed by atoms with E-state index in [1.54, 1.807) is 18.2 Å². The fourth-order valence-electron chi connectivity index (χ4n) is 2.63. The van der Waals surface area contributed by atoms with Crippen LogP contribution >= 0.6 is 0 Å². The average Bonchev–Trinajstić information content (AvgIpc) is 2.44. The summed E-state index contributed by atoms with van der Waals surface area (Å²) in [7, 11) is 0. The van der Waals surface area contributed by atoms with Crippen LogP contribution in [0.5, 0.6) is 5.75 Å². The smallest absolute Gasteiger partial charge is 0.246 e. The molecule has 0 spiro atoms. The van der Waals surface area contributed by atoms with Crippen molar-refractivity contribution in [3.8, 4) is 5.75 Å². The summed E-state index contributed by atoms with van der Waals surface area (Å²) in [5.74, 6) is 0.763. The van der Waals surface area contributed by atoms with Gasteiger partial charge in [-0.05, 0) is 24.8 Å². The van der Waals surface area contributed by atoms with E-state index in [0.29, 0.717) is 18.0 Å². The molecular weight excluding hydrogens is 254 g/mol. The molecule has 1 saturated carbocycles. The number of hydrogen-bond donors (Lipinski definition) is 2. The Bertz CT molecular complexity index is 447. The number of hydrogen-bond acceptors (Lipinski definition) is 3. The van der Waals surface area contributed by atoms with E-state index >= 15 is 0 Å². The van der Waals surface area contributed by atoms with E-state index in [2.05, 4.69) is 12.2 Å². The number of phenolic OH excluding ortho intramolecular Hbond substituents is 1. The van der Waals surface area contributed by atoms with Crippen molar-refractivity contribution in [1.29, 1.82) is 0 Å². The van der Waals surface area contributed by atoms with Gasteiger partial charge in [0.15, 0.2) is 0 Å². The highest BCUT2D eigenvalue weighted by Gasteiger charge is 2.20. The molecule has 2 rings (SSSR count). The molecule has 110 valence electrons. The molecule has 0 radical (unpaired) electrons. The van der Waals surface area contributed by atoms with E-state index in [1.165, 1.54) is 12.8 Å². The number of benzene rings is 1. The number of rotatable bonds is 5. The molecule has 0 bridgehead atoms. The third-order valence-corrected chi connectivity index (χ3v) is 3.81. The predicted octanol–water partition coefficient (Wildman–Crippen LogP) is 2.60. The number of ether oxygens (including phenoxy) is 1. The van der Waals surface area contributed by atoms with Gasteiger partial charge in [-0.3, -0.25) is 4.79 Å². The summed E-state index contributed by atoms with van der Waals surface area (Å²) in [6.45, 7) is 2.66. The molecule has 2 N–H and O–H groups in total. The lowest BCUT2D eigenvalue weighted by Gasteiger charge is -2.26. The maximum Gasteiger partial charge on any atom is 0.246 e. The van der Waals surface area contributed by atoms with Gasteiger partial charge in [0.2, 0.25) is 5.91 Å². The third kappa shape index (κ3) is 4.53. The summed E-state index contributed by atoms with van der Waals surface area (Å²) in [5.41, 5.74) is 0.715. The second-order valence-electron chi connectivity index (χ2n) is 5.61. The Morgan fingerprint density at radius 2 is 2.20 bits per heavy atom. The Kier molecular flexibility index (Phi) is 5.41. The fraction of sp³-hybridized carbons (Fsp3) is 0.562. The van der Waals surface area contributed by atoms with Crippen LogP contribution in [0.25, 0.3) is 0 Å². The molecular formula is C16H23NO3. The van der Waals surface area contributed by atoms with Crippen molar-refractivity contribution in [1.82, 2.24) is 5.32 Å². The minimum atomic E-state index is -0.133. The zero-order valence-corrected chi connectivity index (χ0v) is 12.0. The number of carbonyl (C=O) groups excluding carboxylic acids is 1. The van der Waals surface area contributed by atoms with Gasteiger partial charge in [-0.15, -0.1) is 0 Å². The molecule has 0 saturated heterocycles. The first-order valence-electron chi connectivity index (χ1n) is 7.30. The maximum absolute atomic E-state index is 11.7. The van der Waals surface area contributed by atoms with Crippen LogP contribution in [0.15, 0.2) is 24.3 Å². The van der Waals surface area contributed by atoms with Crippen molar-refractivity contribution in [3.63, 3.8) is 0 Å². The molecule has 20 heavy (non-hydrogen) atoms. The number of carbonyl (C=O) groups is 1. The molecule has 4 heteroatoms. The van der Waals surface area contributed by atoms with E-state index in [0.717, 1.165) is 12.8 Å². The van der Waals surface area contributed by atoms with Gasteiger partial charge in [-0.2, -0.15) is 0 Å². The van der Waals surface area contributed by atoms with Gasteiger partial charge in [0.25, 0.3) is 0 Å². The Labute approximate surface area is 120 Å². The highest BCUT2D eigenvalue weighted by Crippen LogP contribution is 2.25.